The van der Waals surface area contributed by atoms with Gasteiger partial charge in [0, 0.05) is 18.7 Å². The zero-order valence-electron chi connectivity index (χ0n) is 10.2. The van der Waals surface area contributed by atoms with Crippen molar-refractivity contribution in [3.63, 3.8) is 0 Å². The molecule has 2 atom stereocenters. The molecule has 3 nitrogen and oxygen atoms in total. The lowest BCUT2D eigenvalue weighted by molar-refractivity contribution is 0.0911. The highest BCUT2D eigenvalue weighted by atomic mass is 19.1. The number of hydrogen-bond acceptors (Lipinski definition) is 2. The van der Waals surface area contributed by atoms with Crippen LogP contribution >= 0.6 is 0 Å². The highest BCUT2D eigenvalue weighted by Crippen LogP contribution is 2.14. The first-order valence-corrected chi connectivity index (χ1v) is 6.04. The van der Waals surface area contributed by atoms with Crippen LogP contribution in [-0.2, 0) is 0 Å². The van der Waals surface area contributed by atoms with Gasteiger partial charge in [-0.2, -0.15) is 0 Å². The van der Waals surface area contributed by atoms with E-state index in [0.29, 0.717) is 12.5 Å². The molecule has 1 fully saturated rings. The van der Waals surface area contributed by atoms with E-state index in [4.69, 9.17) is 0 Å². The van der Waals surface area contributed by atoms with E-state index in [1.165, 1.54) is 6.07 Å². The molecule has 1 heterocycles. The lowest BCUT2D eigenvalue weighted by atomic mass is 9.94. The van der Waals surface area contributed by atoms with Gasteiger partial charge in [0.15, 0.2) is 0 Å². The van der Waals surface area contributed by atoms with Crippen molar-refractivity contribution >= 4 is 5.91 Å². The van der Waals surface area contributed by atoms with Gasteiger partial charge in [-0.05, 0) is 31.0 Å². The molecule has 1 aliphatic rings. The Hall–Kier alpha value is -1.49. The van der Waals surface area contributed by atoms with E-state index in [0.717, 1.165) is 25.1 Å². The van der Waals surface area contributed by atoms with E-state index in [1.807, 2.05) is 6.92 Å². The third kappa shape index (κ3) is 2.85. The van der Waals surface area contributed by atoms with Gasteiger partial charge < -0.3 is 10.6 Å². The Balaban J connectivity index is 2.07. The van der Waals surface area contributed by atoms with Crippen LogP contribution < -0.4 is 10.6 Å². The summed E-state index contributed by atoms with van der Waals surface area (Å²) in [6, 6.07) is 2.95. The van der Waals surface area contributed by atoms with E-state index >= 15 is 0 Å². The molecule has 0 bridgehead atoms. The number of carbonyl (C=O) groups excluding carboxylic acids is 1. The van der Waals surface area contributed by atoms with Crippen LogP contribution in [0.1, 0.15) is 23.7 Å². The van der Waals surface area contributed by atoms with Gasteiger partial charge in [0.1, 0.15) is 11.6 Å². The maximum atomic E-state index is 13.4. The SMILES string of the molecule is C[C@H]1CCNC[C@H]1NC(=O)c1ccc(F)cc1F. The van der Waals surface area contributed by atoms with Crippen LogP contribution in [0, 0.1) is 17.6 Å². The molecule has 2 rings (SSSR count). The van der Waals surface area contributed by atoms with Gasteiger partial charge in [-0.15, -0.1) is 0 Å². The summed E-state index contributed by atoms with van der Waals surface area (Å²) in [5, 5.41) is 5.96. The van der Waals surface area contributed by atoms with Crippen LogP contribution in [0.4, 0.5) is 8.78 Å². The summed E-state index contributed by atoms with van der Waals surface area (Å²) in [4.78, 5) is 11.9. The standard InChI is InChI=1S/C13H16F2N2O/c1-8-4-5-16-7-12(8)17-13(18)10-3-2-9(14)6-11(10)15/h2-3,6,8,12,16H,4-5,7H2,1H3,(H,17,18)/t8-,12+/m0/s1. The molecular formula is C13H16F2N2O. The van der Waals surface area contributed by atoms with Crippen LogP contribution in [0.15, 0.2) is 18.2 Å². The first kappa shape index (κ1) is 13.0. The number of rotatable bonds is 2. The van der Waals surface area contributed by atoms with E-state index in [9.17, 15) is 13.6 Å². The molecular weight excluding hydrogens is 238 g/mol. The molecule has 0 saturated carbocycles. The van der Waals surface area contributed by atoms with Gasteiger partial charge >= 0.3 is 0 Å². The van der Waals surface area contributed by atoms with E-state index < -0.39 is 17.5 Å². The van der Waals surface area contributed by atoms with Crippen molar-refractivity contribution in [3.8, 4) is 0 Å². The Labute approximate surface area is 105 Å². The molecule has 18 heavy (non-hydrogen) atoms. The number of hydrogen-bond donors (Lipinski definition) is 2. The largest absolute Gasteiger partial charge is 0.348 e. The number of carbonyl (C=O) groups is 1. The quantitative estimate of drug-likeness (QED) is 0.843. The molecule has 0 radical (unpaired) electrons. The normalized spacial score (nSPS) is 23.7. The molecule has 98 valence electrons. The molecule has 1 aromatic carbocycles. The number of halogens is 2. The Morgan fingerprint density at radius 3 is 2.89 bits per heavy atom. The first-order chi connectivity index (χ1) is 8.58. The maximum absolute atomic E-state index is 13.4. The second-order valence-corrected chi connectivity index (χ2v) is 4.67. The smallest absolute Gasteiger partial charge is 0.254 e. The summed E-state index contributed by atoms with van der Waals surface area (Å²) in [6.45, 7) is 3.65. The molecule has 1 aliphatic heterocycles. The second kappa shape index (κ2) is 5.44. The monoisotopic (exact) mass is 254 g/mol. The summed E-state index contributed by atoms with van der Waals surface area (Å²) in [6.07, 6.45) is 0.969. The van der Waals surface area contributed by atoms with Crippen molar-refractivity contribution in [2.45, 2.75) is 19.4 Å². The van der Waals surface area contributed by atoms with E-state index in [2.05, 4.69) is 10.6 Å². The van der Waals surface area contributed by atoms with Gasteiger partial charge in [0.05, 0.1) is 5.56 Å². The van der Waals surface area contributed by atoms with E-state index in [-0.39, 0.29) is 11.6 Å². The van der Waals surface area contributed by atoms with Crippen molar-refractivity contribution in [1.29, 1.82) is 0 Å². The number of piperidine rings is 1. The number of nitrogens with one attached hydrogen (secondary N) is 2. The minimum atomic E-state index is -0.830. The van der Waals surface area contributed by atoms with Gasteiger partial charge in [-0.1, -0.05) is 6.92 Å². The zero-order valence-corrected chi connectivity index (χ0v) is 10.2. The Bertz CT molecular complexity index is 451. The molecule has 0 spiro atoms. The van der Waals surface area contributed by atoms with Crippen LogP contribution in [0.2, 0.25) is 0 Å². The molecule has 5 heteroatoms. The third-order valence-electron chi connectivity index (χ3n) is 3.32. The van der Waals surface area contributed by atoms with Crippen molar-refractivity contribution in [2.75, 3.05) is 13.1 Å². The maximum Gasteiger partial charge on any atom is 0.254 e. The fourth-order valence-corrected chi connectivity index (χ4v) is 2.10. The van der Waals surface area contributed by atoms with E-state index in [1.54, 1.807) is 0 Å². The predicted octanol–water partition coefficient (Wildman–Crippen LogP) is 1.69. The highest BCUT2D eigenvalue weighted by Gasteiger charge is 2.24. The summed E-state index contributed by atoms with van der Waals surface area (Å²) in [7, 11) is 0. The summed E-state index contributed by atoms with van der Waals surface area (Å²) < 4.78 is 26.2. The molecule has 0 aliphatic carbocycles. The fraction of sp³-hybridized carbons (Fsp3) is 0.462. The molecule has 1 amide bonds. The lowest BCUT2D eigenvalue weighted by Crippen LogP contribution is -2.50. The van der Waals surface area contributed by atoms with Crippen molar-refractivity contribution in [1.82, 2.24) is 10.6 Å². The first-order valence-electron chi connectivity index (χ1n) is 6.04. The Morgan fingerprint density at radius 1 is 1.44 bits per heavy atom. The van der Waals surface area contributed by atoms with Crippen LogP contribution in [0.5, 0.6) is 0 Å². The average Bonchev–Trinajstić information content (AvgIpc) is 2.32. The van der Waals surface area contributed by atoms with Crippen molar-refractivity contribution in [3.05, 3.63) is 35.4 Å². The number of benzene rings is 1. The molecule has 1 aromatic rings. The van der Waals surface area contributed by atoms with Crippen molar-refractivity contribution < 1.29 is 13.6 Å². The minimum absolute atomic E-state index is 0.0179. The number of amides is 1. The topological polar surface area (TPSA) is 41.1 Å². The van der Waals surface area contributed by atoms with Crippen LogP contribution in [-0.4, -0.2) is 25.0 Å². The highest BCUT2D eigenvalue weighted by molar-refractivity contribution is 5.94. The van der Waals surface area contributed by atoms with Crippen LogP contribution in [0.25, 0.3) is 0 Å². The van der Waals surface area contributed by atoms with Crippen molar-refractivity contribution in [2.24, 2.45) is 5.92 Å². The second-order valence-electron chi connectivity index (χ2n) is 4.67. The van der Waals surface area contributed by atoms with Gasteiger partial charge in [-0.3, -0.25) is 4.79 Å². The molecule has 1 saturated heterocycles. The summed E-state index contributed by atoms with van der Waals surface area (Å²) in [5.74, 6) is -1.66. The molecule has 0 aromatic heterocycles. The zero-order chi connectivity index (χ0) is 13.1. The van der Waals surface area contributed by atoms with Gasteiger partial charge in [0.25, 0.3) is 5.91 Å². The molecule has 0 unspecified atom stereocenters. The van der Waals surface area contributed by atoms with Crippen LogP contribution in [0.3, 0.4) is 0 Å². The predicted molar refractivity (Wildman–Crippen MR) is 64.3 cm³/mol. The lowest BCUT2D eigenvalue weighted by Gasteiger charge is -2.30. The minimum Gasteiger partial charge on any atom is -0.348 e. The fourth-order valence-electron chi connectivity index (χ4n) is 2.10. The van der Waals surface area contributed by atoms with Gasteiger partial charge in [0.2, 0.25) is 0 Å². The Kier molecular flexibility index (Phi) is 3.91. The average molecular weight is 254 g/mol. The van der Waals surface area contributed by atoms with Gasteiger partial charge in [-0.25, -0.2) is 8.78 Å². The summed E-state index contributed by atoms with van der Waals surface area (Å²) >= 11 is 0. The third-order valence-corrected chi connectivity index (χ3v) is 3.32. The molecule has 2 N–H and O–H groups in total. The summed E-state index contributed by atoms with van der Waals surface area (Å²) in [5.41, 5.74) is -0.117. The Morgan fingerprint density at radius 2 is 2.22 bits per heavy atom.